The highest BCUT2D eigenvalue weighted by molar-refractivity contribution is 6.31. The number of benzene rings is 1. The molecule has 0 saturated heterocycles. The second kappa shape index (κ2) is 5.20. The molecular weight excluding hydrogens is 283 g/mol. The van der Waals surface area contributed by atoms with Gasteiger partial charge in [-0.1, -0.05) is 11.6 Å². The molecular formula is C13H12ClFN4O. The number of amides is 1. The lowest BCUT2D eigenvalue weighted by atomic mass is 9.86. The Morgan fingerprint density at radius 3 is 2.95 bits per heavy atom. The van der Waals surface area contributed by atoms with Gasteiger partial charge in [-0.3, -0.25) is 4.79 Å². The van der Waals surface area contributed by atoms with E-state index >= 15 is 0 Å². The Kier molecular flexibility index (Phi) is 3.40. The zero-order chi connectivity index (χ0) is 14.1. The van der Waals surface area contributed by atoms with Crippen molar-refractivity contribution < 1.29 is 9.18 Å². The van der Waals surface area contributed by atoms with Crippen molar-refractivity contribution in [3.05, 3.63) is 47.3 Å². The van der Waals surface area contributed by atoms with Crippen molar-refractivity contribution in [1.82, 2.24) is 20.1 Å². The number of carbonyl (C=O) groups excluding carboxylic acids is 1. The van der Waals surface area contributed by atoms with Crippen molar-refractivity contribution in [1.29, 1.82) is 0 Å². The van der Waals surface area contributed by atoms with Gasteiger partial charge in [0.2, 0.25) is 0 Å². The van der Waals surface area contributed by atoms with Crippen LogP contribution in [0.15, 0.2) is 30.9 Å². The van der Waals surface area contributed by atoms with Gasteiger partial charge in [-0.15, -0.1) is 0 Å². The number of rotatable bonds is 3. The maximum absolute atomic E-state index is 13.6. The molecule has 7 heteroatoms. The van der Waals surface area contributed by atoms with E-state index in [2.05, 4.69) is 15.4 Å². The van der Waals surface area contributed by atoms with Crippen LogP contribution in [0.5, 0.6) is 0 Å². The van der Waals surface area contributed by atoms with E-state index in [4.69, 9.17) is 11.6 Å². The predicted molar refractivity (Wildman–Crippen MR) is 71.0 cm³/mol. The summed E-state index contributed by atoms with van der Waals surface area (Å²) < 4.78 is 15.3. The molecule has 1 aliphatic rings. The first-order valence-corrected chi connectivity index (χ1v) is 6.61. The molecule has 1 saturated carbocycles. The van der Waals surface area contributed by atoms with E-state index in [9.17, 15) is 9.18 Å². The highest BCUT2D eigenvalue weighted by atomic mass is 35.5. The first-order valence-electron chi connectivity index (χ1n) is 6.23. The van der Waals surface area contributed by atoms with Crippen LogP contribution in [0.4, 0.5) is 4.39 Å². The molecule has 1 heterocycles. The minimum atomic E-state index is -0.570. The van der Waals surface area contributed by atoms with Crippen molar-refractivity contribution >= 4 is 17.5 Å². The van der Waals surface area contributed by atoms with Gasteiger partial charge in [-0.2, -0.15) is 5.10 Å². The summed E-state index contributed by atoms with van der Waals surface area (Å²) in [6.07, 6.45) is 4.65. The quantitative estimate of drug-likeness (QED) is 0.944. The van der Waals surface area contributed by atoms with Gasteiger partial charge in [0.15, 0.2) is 0 Å². The molecule has 1 N–H and O–H groups in total. The summed E-state index contributed by atoms with van der Waals surface area (Å²) in [6.45, 7) is 0. The van der Waals surface area contributed by atoms with E-state index < -0.39 is 11.7 Å². The Bertz CT molecular complexity index is 625. The molecule has 104 valence electrons. The summed E-state index contributed by atoms with van der Waals surface area (Å²) >= 11 is 5.77. The second-order valence-corrected chi connectivity index (χ2v) is 5.23. The summed E-state index contributed by atoms with van der Waals surface area (Å²) in [6, 6.07) is 4.20. The number of nitrogens with zero attached hydrogens (tertiary/aromatic N) is 3. The minimum absolute atomic E-state index is 0.0232. The lowest BCUT2D eigenvalue weighted by Gasteiger charge is -2.35. The third-order valence-corrected chi connectivity index (χ3v) is 3.67. The normalized spacial score (nSPS) is 21.3. The zero-order valence-corrected chi connectivity index (χ0v) is 11.2. The van der Waals surface area contributed by atoms with Crippen LogP contribution in [-0.2, 0) is 0 Å². The highest BCUT2D eigenvalue weighted by Gasteiger charge is 2.32. The first kappa shape index (κ1) is 13.1. The Hall–Kier alpha value is -1.95. The number of carbonyl (C=O) groups is 1. The lowest BCUT2D eigenvalue weighted by Crippen LogP contribution is -2.45. The molecule has 1 aromatic carbocycles. The summed E-state index contributed by atoms with van der Waals surface area (Å²) in [7, 11) is 0. The van der Waals surface area contributed by atoms with Crippen LogP contribution in [-0.4, -0.2) is 26.7 Å². The molecule has 1 aromatic heterocycles. The fourth-order valence-corrected chi connectivity index (χ4v) is 2.43. The van der Waals surface area contributed by atoms with E-state index in [0.29, 0.717) is 5.02 Å². The van der Waals surface area contributed by atoms with Crippen LogP contribution >= 0.6 is 11.6 Å². The predicted octanol–water partition coefficient (Wildman–Crippen LogP) is 2.20. The van der Waals surface area contributed by atoms with Gasteiger partial charge in [0.1, 0.15) is 18.5 Å². The van der Waals surface area contributed by atoms with Crippen molar-refractivity contribution in [3.63, 3.8) is 0 Å². The average molecular weight is 295 g/mol. The lowest BCUT2D eigenvalue weighted by molar-refractivity contribution is 0.0884. The zero-order valence-electron chi connectivity index (χ0n) is 10.5. The van der Waals surface area contributed by atoms with Crippen LogP contribution in [0, 0.1) is 5.82 Å². The maximum atomic E-state index is 13.6. The van der Waals surface area contributed by atoms with Crippen LogP contribution in [0.2, 0.25) is 5.02 Å². The third-order valence-electron chi connectivity index (χ3n) is 3.43. The molecule has 0 aliphatic heterocycles. The highest BCUT2D eigenvalue weighted by Crippen LogP contribution is 2.31. The maximum Gasteiger partial charge on any atom is 0.254 e. The molecule has 3 rings (SSSR count). The summed E-state index contributed by atoms with van der Waals surface area (Å²) in [5, 5.41) is 7.18. The van der Waals surface area contributed by atoms with E-state index in [1.54, 1.807) is 11.0 Å². The second-order valence-electron chi connectivity index (χ2n) is 4.80. The number of hydrogen-bond acceptors (Lipinski definition) is 3. The SMILES string of the molecule is O=C(NC1CC(n2cncn2)C1)c1cc(Cl)ccc1F. The Labute approximate surface area is 119 Å². The van der Waals surface area contributed by atoms with Gasteiger partial charge in [0.25, 0.3) is 5.91 Å². The molecule has 0 bridgehead atoms. The van der Waals surface area contributed by atoms with Gasteiger partial charge in [0.05, 0.1) is 11.6 Å². The van der Waals surface area contributed by atoms with Gasteiger partial charge in [-0.05, 0) is 31.0 Å². The first-order chi connectivity index (χ1) is 9.63. The Morgan fingerprint density at radius 1 is 1.45 bits per heavy atom. The van der Waals surface area contributed by atoms with Gasteiger partial charge >= 0.3 is 0 Å². The van der Waals surface area contributed by atoms with Crippen LogP contribution in [0.1, 0.15) is 29.2 Å². The fourth-order valence-electron chi connectivity index (χ4n) is 2.26. The average Bonchev–Trinajstić information content (AvgIpc) is 2.89. The fraction of sp³-hybridized carbons (Fsp3) is 0.308. The van der Waals surface area contributed by atoms with Gasteiger partial charge in [-0.25, -0.2) is 14.1 Å². The van der Waals surface area contributed by atoms with E-state index in [1.807, 2.05) is 0 Å². The van der Waals surface area contributed by atoms with E-state index in [-0.39, 0.29) is 17.6 Å². The third kappa shape index (κ3) is 2.51. The summed E-state index contributed by atoms with van der Waals surface area (Å²) in [5.74, 6) is -1.01. The number of halogens is 2. The smallest absolute Gasteiger partial charge is 0.254 e. The number of hydrogen-bond donors (Lipinski definition) is 1. The standard InChI is InChI=1S/C13H12ClFN4O/c14-8-1-2-12(15)11(3-8)13(20)18-9-4-10(5-9)19-7-16-6-17-19/h1-3,6-7,9-10H,4-5H2,(H,18,20). The number of nitrogens with one attached hydrogen (secondary N) is 1. The Balaban J connectivity index is 1.60. The molecule has 1 amide bonds. The van der Waals surface area contributed by atoms with Crippen molar-refractivity contribution in [3.8, 4) is 0 Å². The summed E-state index contributed by atoms with van der Waals surface area (Å²) in [5.41, 5.74) is -0.0262. The minimum Gasteiger partial charge on any atom is -0.349 e. The molecule has 0 atom stereocenters. The van der Waals surface area contributed by atoms with Crippen LogP contribution in [0.25, 0.3) is 0 Å². The monoisotopic (exact) mass is 294 g/mol. The number of aromatic nitrogens is 3. The van der Waals surface area contributed by atoms with E-state index in [0.717, 1.165) is 12.8 Å². The molecule has 0 unspecified atom stereocenters. The van der Waals surface area contributed by atoms with E-state index in [1.165, 1.54) is 24.5 Å². The molecule has 2 aromatic rings. The topological polar surface area (TPSA) is 59.8 Å². The Morgan fingerprint density at radius 2 is 2.25 bits per heavy atom. The van der Waals surface area contributed by atoms with Crippen molar-refractivity contribution in [2.24, 2.45) is 0 Å². The van der Waals surface area contributed by atoms with Crippen molar-refractivity contribution in [2.45, 2.75) is 24.9 Å². The molecule has 0 radical (unpaired) electrons. The molecule has 0 spiro atoms. The van der Waals surface area contributed by atoms with Crippen molar-refractivity contribution in [2.75, 3.05) is 0 Å². The van der Waals surface area contributed by atoms with Crippen LogP contribution in [0.3, 0.4) is 0 Å². The van der Waals surface area contributed by atoms with Gasteiger partial charge in [0, 0.05) is 11.1 Å². The van der Waals surface area contributed by atoms with Gasteiger partial charge < -0.3 is 5.32 Å². The molecule has 1 aliphatic carbocycles. The van der Waals surface area contributed by atoms with Crippen LogP contribution < -0.4 is 5.32 Å². The largest absolute Gasteiger partial charge is 0.349 e. The molecule has 5 nitrogen and oxygen atoms in total. The summed E-state index contributed by atoms with van der Waals surface area (Å²) in [4.78, 5) is 15.8. The molecule has 20 heavy (non-hydrogen) atoms. The molecule has 1 fully saturated rings.